The molecule has 1 aromatic heterocycles. The van der Waals surface area contributed by atoms with Crippen LogP contribution in [-0.4, -0.2) is 24.6 Å². The summed E-state index contributed by atoms with van der Waals surface area (Å²) in [7, 11) is 0. The Morgan fingerprint density at radius 3 is 2.78 bits per heavy atom. The molecule has 3 heteroatoms. The van der Waals surface area contributed by atoms with Gasteiger partial charge in [0.25, 0.3) is 0 Å². The molecule has 0 saturated carbocycles. The van der Waals surface area contributed by atoms with E-state index in [1.54, 1.807) is 0 Å². The number of hydrogen-bond donors (Lipinski definition) is 1. The van der Waals surface area contributed by atoms with E-state index in [-0.39, 0.29) is 0 Å². The molecular weight excluding hydrogens is 222 g/mol. The van der Waals surface area contributed by atoms with E-state index in [4.69, 9.17) is 6.42 Å². The van der Waals surface area contributed by atoms with E-state index in [9.17, 15) is 0 Å². The van der Waals surface area contributed by atoms with Gasteiger partial charge in [0.15, 0.2) is 0 Å². The fourth-order valence-electron chi connectivity index (χ4n) is 1.86. The maximum Gasteiger partial charge on any atom is 0.129 e. The summed E-state index contributed by atoms with van der Waals surface area (Å²) in [5, 5.41) is 3.41. The standard InChI is InChI=1S/C15H23N3/c1-5-8-16-12-14-10-13(4)17-15(11-14)18(7-3)9-6-2/h2,10-11,16H,5,7-9,12H2,1,3-4H3. The van der Waals surface area contributed by atoms with E-state index in [2.05, 4.69) is 47.1 Å². The summed E-state index contributed by atoms with van der Waals surface area (Å²) in [4.78, 5) is 6.66. The Morgan fingerprint density at radius 1 is 1.39 bits per heavy atom. The van der Waals surface area contributed by atoms with E-state index >= 15 is 0 Å². The van der Waals surface area contributed by atoms with E-state index in [0.29, 0.717) is 6.54 Å². The number of aryl methyl sites for hydroxylation is 1. The van der Waals surface area contributed by atoms with Gasteiger partial charge < -0.3 is 10.2 Å². The first-order chi connectivity index (χ1) is 8.71. The van der Waals surface area contributed by atoms with Crippen LogP contribution in [0.5, 0.6) is 0 Å². The van der Waals surface area contributed by atoms with Gasteiger partial charge in [-0.3, -0.25) is 0 Å². The van der Waals surface area contributed by atoms with Gasteiger partial charge in [0.1, 0.15) is 5.82 Å². The van der Waals surface area contributed by atoms with Gasteiger partial charge in [0.05, 0.1) is 6.54 Å². The van der Waals surface area contributed by atoms with E-state index in [0.717, 1.165) is 37.6 Å². The summed E-state index contributed by atoms with van der Waals surface area (Å²) in [6, 6.07) is 4.24. The van der Waals surface area contributed by atoms with Gasteiger partial charge in [-0.05, 0) is 44.5 Å². The highest BCUT2D eigenvalue weighted by atomic mass is 15.2. The minimum absolute atomic E-state index is 0.606. The molecule has 0 fully saturated rings. The fraction of sp³-hybridized carbons (Fsp3) is 0.533. The van der Waals surface area contributed by atoms with Gasteiger partial charge in [-0.25, -0.2) is 4.98 Å². The molecule has 1 N–H and O–H groups in total. The number of terminal acetylenes is 1. The molecular formula is C15H23N3. The van der Waals surface area contributed by atoms with E-state index in [1.807, 2.05) is 6.92 Å². The minimum Gasteiger partial charge on any atom is -0.346 e. The Kier molecular flexibility index (Phi) is 6.24. The molecule has 3 nitrogen and oxygen atoms in total. The SMILES string of the molecule is C#CCN(CC)c1cc(CNCCC)cc(C)n1. The van der Waals surface area contributed by atoms with Crippen LogP contribution >= 0.6 is 0 Å². The lowest BCUT2D eigenvalue weighted by molar-refractivity contribution is 0.674. The molecule has 1 rings (SSSR count). The van der Waals surface area contributed by atoms with Crippen LogP contribution in [0.4, 0.5) is 5.82 Å². The number of nitrogens with one attached hydrogen (secondary N) is 1. The highest BCUT2D eigenvalue weighted by molar-refractivity contribution is 5.43. The molecule has 0 aliphatic heterocycles. The van der Waals surface area contributed by atoms with Gasteiger partial charge in [0, 0.05) is 18.8 Å². The third-order valence-corrected chi connectivity index (χ3v) is 2.74. The van der Waals surface area contributed by atoms with Crippen LogP contribution < -0.4 is 10.2 Å². The molecule has 98 valence electrons. The Morgan fingerprint density at radius 2 is 2.17 bits per heavy atom. The van der Waals surface area contributed by atoms with Crippen molar-refractivity contribution < 1.29 is 0 Å². The monoisotopic (exact) mass is 245 g/mol. The molecule has 0 amide bonds. The maximum absolute atomic E-state index is 5.38. The first kappa shape index (κ1) is 14.5. The molecule has 0 bridgehead atoms. The molecule has 0 aliphatic rings. The topological polar surface area (TPSA) is 28.2 Å². The Hall–Kier alpha value is -1.53. The molecule has 0 atom stereocenters. The third-order valence-electron chi connectivity index (χ3n) is 2.74. The molecule has 1 heterocycles. The largest absolute Gasteiger partial charge is 0.346 e. The van der Waals surface area contributed by atoms with Crippen molar-refractivity contribution >= 4 is 5.82 Å². The van der Waals surface area contributed by atoms with E-state index < -0.39 is 0 Å². The molecule has 0 aromatic carbocycles. The van der Waals surface area contributed by atoms with Crippen molar-refractivity contribution in [3.05, 3.63) is 23.4 Å². The number of anilines is 1. The first-order valence-electron chi connectivity index (χ1n) is 6.58. The van der Waals surface area contributed by atoms with E-state index in [1.165, 1.54) is 5.56 Å². The van der Waals surface area contributed by atoms with Gasteiger partial charge in [-0.15, -0.1) is 6.42 Å². The first-order valence-corrected chi connectivity index (χ1v) is 6.58. The van der Waals surface area contributed by atoms with Gasteiger partial charge in [0.2, 0.25) is 0 Å². The smallest absolute Gasteiger partial charge is 0.129 e. The fourth-order valence-corrected chi connectivity index (χ4v) is 1.86. The predicted octanol–water partition coefficient (Wildman–Crippen LogP) is 2.35. The van der Waals surface area contributed by atoms with Crippen molar-refractivity contribution in [1.82, 2.24) is 10.3 Å². The van der Waals surface area contributed by atoms with Crippen LogP contribution in [0.15, 0.2) is 12.1 Å². The summed E-state index contributed by atoms with van der Waals surface area (Å²) in [6.07, 6.45) is 6.53. The van der Waals surface area contributed by atoms with Crippen molar-refractivity contribution in [1.29, 1.82) is 0 Å². The molecule has 0 aliphatic carbocycles. The van der Waals surface area contributed by atoms with Crippen LogP contribution in [0.3, 0.4) is 0 Å². The number of aromatic nitrogens is 1. The Bertz CT molecular complexity index is 407. The number of rotatable bonds is 7. The highest BCUT2D eigenvalue weighted by Crippen LogP contribution is 2.14. The lowest BCUT2D eigenvalue weighted by atomic mass is 10.2. The Balaban J connectivity index is 2.82. The average Bonchev–Trinajstić information content (AvgIpc) is 2.35. The summed E-state index contributed by atoms with van der Waals surface area (Å²) >= 11 is 0. The van der Waals surface area contributed by atoms with Gasteiger partial charge in [-0.2, -0.15) is 0 Å². The van der Waals surface area contributed by atoms with Crippen LogP contribution in [0.2, 0.25) is 0 Å². The van der Waals surface area contributed by atoms with Crippen molar-refractivity contribution in [3.63, 3.8) is 0 Å². The molecule has 18 heavy (non-hydrogen) atoms. The van der Waals surface area contributed by atoms with Crippen LogP contribution in [-0.2, 0) is 6.54 Å². The van der Waals surface area contributed by atoms with Crippen molar-refractivity contribution in [3.8, 4) is 12.3 Å². The lowest BCUT2D eigenvalue weighted by Crippen LogP contribution is -2.24. The van der Waals surface area contributed by atoms with Crippen LogP contribution in [0.25, 0.3) is 0 Å². The van der Waals surface area contributed by atoms with Crippen molar-refractivity contribution in [2.24, 2.45) is 0 Å². The predicted molar refractivity (Wildman–Crippen MR) is 77.7 cm³/mol. The van der Waals surface area contributed by atoms with Gasteiger partial charge in [-0.1, -0.05) is 12.8 Å². The normalized spacial score (nSPS) is 10.1. The summed E-state index contributed by atoms with van der Waals surface area (Å²) in [5.41, 5.74) is 2.30. The van der Waals surface area contributed by atoms with Crippen molar-refractivity contribution in [2.75, 3.05) is 24.5 Å². The number of hydrogen-bond acceptors (Lipinski definition) is 3. The number of pyridine rings is 1. The molecule has 0 saturated heterocycles. The molecule has 0 radical (unpaired) electrons. The second-order valence-corrected chi connectivity index (χ2v) is 4.37. The zero-order valence-corrected chi connectivity index (χ0v) is 11.7. The zero-order valence-electron chi connectivity index (χ0n) is 11.7. The average molecular weight is 245 g/mol. The summed E-state index contributed by atoms with van der Waals surface area (Å²) < 4.78 is 0. The van der Waals surface area contributed by atoms with Crippen LogP contribution in [0, 0.1) is 19.3 Å². The highest BCUT2D eigenvalue weighted by Gasteiger charge is 2.06. The second kappa shape index (κ2) is 7.73. The molecule has 0 unspecified atom stereocenters. The third kappa shape index (κ3) is 4.38. The van der Waals surface area contributed by atoms with Crippen LogP contribution in [0.1, 0.15) is 31.5 Å². The summed E-state index contributed by atoms with van der Waals surface area (Å²) in [5.74, 6) is 3.65. The molecule has 0 spiro atoms. The Labute approximate surface area is 111 Å². The van der Waals surface area contributed by atoms with Gasteiger partial charge >= 0.3 is 0 Å². The number of nitrogens with zero attached hydrogens (tertiary/aromatic N) is 2. The lowest BCUT2D eigenvalue weighted by Gasteiger charge is -2.20. The zero-order chi connectivity index (χ0) is 13.4. The quantitative estimate of drug-likeness (QED) is 0.590. The second-order valence-electron chi connectivity index (χ2n) is 4.37. The van der Waals surface area contributed by atoms with Crippen molar-refractivity contribution in [2.45, 2.75) is 33.7 Å². The maximum atomic E-state index is 5.38. The molecule has 1 aromatic rings. The summed E-state index contributed by atoms with van der Waals surface area (Å²) in [6.45, 7) is 9.70. The minimum atomic E-state index is 0.606.